The van der Waals surface area contributed by atoms with Crippen molar-refractivity contribution >= 4 is 11.9 Å². The Morgan fingerprint density at radius 1 is 0.600 bits per heavy atom. The highest BCUT2D eigenvalue weighted by molar-refractivity contribution is 5.70. The van der Waals surface area contributed by atoms with Crippen molar-refractivity contribution in [2.24, 2.45) is 0 Å². The lowest BCUT2D eigenvalue weighted by Gasteiger charge is -2.39. The third kappa shape index (κ3) is 20.5. The van der Waals surface area contributed by atoms with E-state index in [2.05, 4.69) is 13.8 Å². The molecule has 0 aromatic rings. The Morgan fingerprint density at radius 3 is 1.51 bits per heavy atom. The van der Waals surface area contributed by atoms with Gasteiger partial charge in [0.2, 0.25) is 0 Å². The average molecular weight is 647 g/mol. The van der Waals surface area contributed by atoms with Crippen LogP contribution in [0.4, 0.5) is 0 Å². The molecular formula is C35H66O10. The van der Waals surface area contributed by atoms with E-state index in [4.69, 9.17) is 18.9 Å². The average Bonchev–Trinajstić information content (AvgIpc) is 3.03. The third-order valence-corrected chi connectivity index (χ3v) is 8.49. The van der Waals surface area contributed by atoms with Gasteiger partial charge in [-0.15, -0.1) is 0 Å². The number of rotatable bonds is 29. The number of unbranched alkanes of at least 4 members (excludes halogenated alkanes) is 18. The maximum Gasteiger partial charge on any atom is 0.306 e. The highest BCUT2D eigenvalue weighted by Crippen LogP contribution is 2.22. The van der Waals surface area contributed by atoms with Crippen molar-refractivity contribution in [3.05, 3.63) is 0 Å². The Kier molecular flexibility index (Phi) is 25.8. The molecule has 1 fully saturated rings. The molecule has 45 heavy (non-hydrogen) atoms. The highest BCUT2D eigenvalue weighted by Gasteiger charge is 2.44. The van der Waals surface area contributed by atoms with Crippen LogP contribution in [-0.4, -0.2) is 89.0 Å². The largest absolute Gasteiger partial charge is 0.462 e. The summed E-state index contributed by atoms with van der Waals surface area (Å²) in [4.78, 5) is 25.0. The van der Waals surface area contributed by atoms with E-state index >= 15 is 0 Å². The zero-order valence-electron chi connectivity index (χ0n) is 28.4. The van der Waals surface area contributed by atoms with Gasteiger partial charge in [-0.2, -0.15) is 0 Å². The van der Waals surface area contributed by atoms with Crippen LogP contribution in [0.3, 0.4) is 0 Å². The van der Waals surface area contributed by atoms with Gasteiger partial charge in [0.15, 0.2) is 12.4 Å². The van der Waals surface area contributed by atoms with E-state index in [1.807, 2.05) is 0 Å². The Hall–Kier alpha value is -1.30. The molecule has 0 spiro atoms. The van der Waals surface area contributed by atoms with Gasteiger partial charge in [-0.05, 0) is 12.8 Å². The number of aliphatic hydroxyl groups is 4. The Labute approximate surface area is 272 Å². The molecule has 2 unspecified atom stereocenters. The number of aliphatic hydroxyl groups excluding tert-OH is 4. The van der Waals surface area contributed by atoms with E-state index in [0.717, 1.165) is 44.9 Å². The van der Waals surface area contributed by atoms with Crippen LogP contribution in [0.15, 0.2) is 0 Å². The molecule has 4 N–H and O–H groups in total. The van der Waals surface area contributed by atoms with Crippen LogP contribution in [0, 0.1) is 0 Å². The molecule has 10 nitrogen and oxygen atoms in total. The summed E-state index contributed by atoms with van der Waals surface area (Å²) in [6.07, 6.45) is 15.6. The zero-order chi connectivity index (χ0) is 33.1. The van der Waals surface area contributed by atoms with Gasteiger partial charge in [0, 0.05) is 12.8 Å². The summed E-state index contributed by atoms with van der Waals surface area (Å²) in [5, 5.41) is 39.7. The summed E-state index contributed by atoms with van der Waals surface area (Å²) in [6, 6.07) is 0. The molecule has 0 radical (unpaired) electrons. The van der Waals surface area contributed by atoms with Gasteiger partial charge in [-0.3, -0.25) is 9.59 Å². The first-order valence-electron chi connectivity index (χ1n) is 18.1. The van der Waals surface area contributed by atoms with Gasteiger partial charge < -0.3 is 39.4 Å². The van der Waals surface area contributed by atoms with E-state index in [1.54, 1.807) is 0 Å². The van der Waals surface area contributed by atoms with Crippen LogP contribution in [0.1, 0.15) is 155 Å². The maximum atomic E-state index is 12.6. The molecule has 1 aliphatic heterocycles. The molecule has 10 heteroatoms. The summed E-state index contributed by atoms with van der Waals surface area (Å²) in [5.74, 6) is -0.808. The Morgan fingerprint density at radius 2 is 1.04 bits per heavy atom. The topological polar surface area (TPSA) is 152 Å². The van der Waals surface area contributed by atoms with Crippen LogP contribution >= 0.6 is 0 Å². The molecule has 6 atom stereocenters. The SMILES string of the molecule is CCCCCCCCCCCCCCCC(=O)O[C@H](COC(=O)CCCCCCCCC)CO[C@H]1O[C@@H](CO)[C@@H](O)C(O)C1O. The number of ether oxygens (including phenoxy) is 4. The second-order valence-electron chi connectivity index (χ2n) is 12.7. The first-order chi connectivity index (χ1) is 21.8. The van der Waals surface area contributed by atoms with E-state index in [0.29, 0.717) is 6.42 Å². The second-order valence-corrected chi connectivity index (χ2v) is 12.7. The molecular weight excluding hydrogens is 580 g/mol. The van der Waals surface area contributed by atoms with Crippen molar-refractivity contribution in [3.63, 3.8) is 0 Å². The summed E-state index contributed by atoms with van der Waals surface area (Å²) in [7, 11) is 0. The fourth-order valence-electron chi connectivity index (χ4n) is 5.54. The van der Waals surface area contributed by atoms with E-state index < -0.39 is 49.4 Å². The minimum absolute atomic E-state index is 0.211. The predicted molar refractivity (Wildman–Crippen MR) is 173 cm³/mol. The highest BCUT2D eigenvalue weighted by atomic mass is 16.7. The van der Waals surface area contributed by atoms with Crippen LogP contribution in [0.25, 0.3) is 0 Å². The monoisotopic (exact) mass is 646 g/mol. The third-order valence-electron chi connectivity index (χ3n) is 8.49. The molecule has 1 saturated heterocycles. The molecule has 0 saturated carbocycles. The Balaban J connectivity index is 2.40. The molecule has 0 aliphatic carbocycles. The first kappa shape index (κ1) is 41.7. The van der Waals surface area contributed by atoms with Crippen molar-refractivity contribution in [1.82, 2.24) is 0 Å². The summed E-state index contributed by atoms with van der Waals surface area (Å²) < 4.78 is 21.9. The predicted octanol–water partition coefficient (Wildman–Crippen LogP) is 5.88. The number of hydrogen-bond acceptors (Lipinski definition) is 10. The zero-order valence-corrected chi connectivity index (χ0v) is 28.4. The van der Waals surface area contributed by atoms with Crippen molar-refractivity contribution in [2.45, 2.75) is 192 Å². The maximum absolute atomic E-state index is 12.6. The normalized spacial score (nSPS) is 22.3. The molecule has 0 aromatic carbocycles. The lowest BCUT2D eigenvalue weighted by atomic mass is 9.99. The van der Waals surface area contributed by atoms with Crippen molar-refractivity contribution in [3.8, 4) is 0 Å². The van der Waals surface area contributed by atoms with Gasteiger partial charge in [-0.1, -0.05) is 129 Å². The van der Waals surface area contributed by atoms with E-state index in [9.17, 15) is 30.0 Å². The quantitative estimate of drug-likeness (QED) is 0.0573. The van der Waals surface area contributed by atoms with Gasteiger partial charge in [0.05, 0.1) is 13.2 Å². The number of carbonyl (C=O) groups is 2. The molecule has 1 aliphatic rings. The van der Waals surface area contributed by atoms with Crippen LogP contribution < -0.4 is 0 Å². The molecule has 0 amide bonds. The minimum atomic E-state index is -1.59. The van der Waals surface area contributed by atoms with Gasteiger partial charge >= 0.3 is 11.9 Å². The lowest BCUT2D eigenvalue weighted by Crippen LogP contribution is -2.59. The molecule has 1 rings (SSSR count). The van der Waals surface area contributed by atoms with Gasteiger partial charge in [-0.25, -0.2) is 0 Å². The van der Waals surface area contributed by atoms with Gasteiger partial charge in [0.1, 0.15) is 31.0 Å². The Bertz CT molecular complexity index is 719. The van der Waals surface area contributed by atoms with Crippen LogP contribution in [0.5, 0.6) is 0 Å². The fraction of sp³-hybridized carbons (Fsp3) is 0.943. The smallest absolute Gasteiger partial charge is 0.306 e. The molecule has 266 valence electrons. The fourth-order valence-corrected chi connectivity index (χ4v) is 5.54. The molecule has 1 heterocycles. The number of hydrogen-bond donors (Lipinski definition) is 4. The van der Waals surface area contributed by atoms with Crippen molar-refractivity contribution in [1.29, 1.82) is 0 Å². The second kappa shape index (κ2) is 27.8. The van der Waals surface area contributed by atoms with Crippen LogP contribution in [0.2, 0.25) is 0 Å². The lowest BCUT2D eigenvalue weighted by molar-refractivity contribution is -0.305. The van der Waals surface area contributed by atoms with E-state index in [-0.39, 0.29) is 32.0 Å². The molecule has 0 aromatic heterocycles. The molecule has 0 bridgehead atoms. The standard InChI is InChI=1S/C35H66O10/c1-3-5-7-9-11-12-13-14-15-16-18-20-22-24-31(38)44-28(26-42-30(37)23-21-19-17-10-8-6-4-2)27-43-35-34(41)33(40)32(39)29(25-36)45-35/h28-29,32-36,39-41H,3-27H2,1-2H3/t28-,29+,32-,33?,34?,35+/m1/s1. The first-order valence-corrected chi connectivity index (χ1v) is 18.1. The number of esters is 2. The minimum Gasteiger partial charge on any atom is -0.462 e. The van der Waals surface area contributed by atoms with Crippen molar-refractivity contribution in [2.75, 3.05) is 19.8 Å². The summed E-state index contributed by atoms with van der Waals surface area (Å²) in [6.45, 7) is 3.35. The van der Waals surface area contributed by atoms with E-state index in [1.165, 1.54) is 77.0 Å². The number of carbonyl (C=O) groups excluding carboxylic acids is 2. The summed E-state index contributed by atoms with van der Waals surface area (Å²) >= 11 is 0. The summed E-state index contributed by atoms with van der Waals surface area (Å²) in [5.41, 5.74) is 0. The van der Waals surface area contributed by atoms with Crippen LogP contribution in [-0.2, 0) is 28.5 Å². The van der Waals surface area contributed by atoms with Crippen molar-refractivity contribution < 1.29 is 49.0 Å². The van der Waals surface area contributed by atoms with Gasteiger partial charge in [0.25, 0.3) is 0 Å².